The van der Waals surface area contributed by atoms with Crippen molar-refractivity contribution in [1.82, 2.24) is 15.5 Å². The second-order valence-corrected chi connectivity index (χ2v) is 5.36. The molecule has 0 aliphatic carbocycles. The molecule has 0 atom stereocenters. The maximum Gasteiger partial charge on any atom is 0.239 e. The van der Waals surface area contributed by atoms with Crippen LogP contribution in [0.3, 0.4) is 0 Å². The summed E-state index contributed by atoms with van der Waals surface area (Å²) in [5, 5.41) is 5.41. The van der Waals surface area contributed by atoms with Gasteiger partial charge in [-0.15, -0.1) is 0 Å². The van der Waals surface area contributed by atoms with Crippen LogP contribution < -0.4 is 10.6 Å². The smallest absolute Gasteiger partial charge is 0.239 e. The van der Waals surface area contributed by atoms with E-state index in [0.717, 1.165) is 25.9 Å². The summed E-state index contributed by atoms with van der Waals surface area (Å²) in [6.45, 7) is 4.72. The van der Waals surface area contributed by atoms with Crippen molar-refractivity contribution in [3.63, 3.8) is 0 Å². The Hall–Kier alpha value is -1.88. The number of fused-ring (bicyclic) bond motifs is 1. The van der Waals surface area contributed by atoms with Crippen LogP contribution in [0.1, 0.15) is 24.5 Å². The number of amides is 2. The number of hydrogen-bond donors (Lipinski definition) is 2. The van der Waals surface area contributed by atoms with Gasteiger partial charge in [-0.05, 0) is 24.0 Å². The number of benzene rings is 1. The summed E-state index contributed by atoms with van der Waals surface area (Å²) in [5.41, 5.74) is 2.66. The number of nitrogens with one attached hydrogen (secondary N) is 2. The Labute approximate surface area is 125 Å². The first-order valence-electron chi connectivity index (χ1n) is 7.51. The van der Waals surface area contributed by atoms with Crippen molar-refractivity contribution in [2.75, 3.05) is 26.2 Å². The topological polar surface area (TPSA) is 61.4 Å². The molecule has 0 unspecified atom stereocenters. The summed E-state index contributed by atoms with van der Waals surface area (Å²) in [6.07, 6.45) is 1.87. The summed E-state index contributed by atoms with van der Waals surface area (Å²) in [6, 6.07) is 8.33. The lowest BCUT2D eigenvalue weighted by Crippen LogP contribution is -2.43. The predicted molar refractivity (Wildman–Crippen MR) is 81.7 cm³/mol. The molecule has 0 bridgehead atoms. The van der Waals surface area contributed by atoms with Crippen LogP contribution in [0.5, 0.6) is 0 Å². The Morgan fingerprint density at radius 1 is 1.14 bits per heavy atom. The molecular formula is C16H23N3O2. The van der Waals surface area contributed by atoms with E-state index in [2.05, 4.69) is 33.7 Å². The first-order chi connectivity index (χ1) is 10.2. The normalized spacial score (nSPS) is 14.3. The molecule has 114 valence electrons. The van der Waals surface area contributed by atoms with Crippen LogP contribution in [0.25, 0.3) is 0 Å². The minimum absolute atomic E-state index is 0.0588. The Morgan fingerprint density at radius 2 is 1.90 bits per heavy atom. The highest BCUT2D eigenvalue weighted by atomic mass is 16.2. The van der Waals surface area contributed by atoms with Gasteiger partial charge in [0.1, 0.15) is 0 Å². The van der Waals surface area contributed by atoms with E-state index in [1.54, 1.807) is 0 Å². The van der Waals surface area contributed by atoms with Gasteiger partial charge < -0.3 is 10.6 Å². The van der Waals surface area contributed by atoms with Gasteiger partial charge in [0.05, 0.1) is 13.1 Å². The van der Waals surface area contributed by atoms with E-state index in [1.165, 1.54) is 11.1 Å². The Balaban J connectivity index is 1.73. The van der Waals surface area contributed by atoms with Crippen LogP contribution in [0.4, 0.5) is 0 Å². The standard InChI is InChI=1S/C16H23N3O2/c1-2-8-17-15(20)10-18-16(21)12-19-9-7-13-5-3-4-6-14(13)11-19/h3-6H,2,7-12H2,1H3,(H,17,20)(H,18,21). The Kier molecular flexibility index (Phi) is 5.75. The van der Waals surface area contributed by atoms with E-state index < -0.39 is 0 Å². The lowest BCUT2D eigenvalue weighted by atomic mass is 10.00. The van der Waals surface area contributed by atoms with Crippen molar-refractivity contribution in [2.24, 2.45) is 0 Å². The van der Waals surface area contributed by atoms with Gasteiger partial charge in [-0.1, -0.05) is 31.2 Å². The molecule has 2 amide bonds. The molecule has 0 saturated carbocycles. The van der Waals surface area contributed by atoms with Crippen LogP contribution in [0, 0.1) is 0 Å². The molecule has 0 fully saturated rings. The van der Waals surface area contributed by atoms with Crippen molar-refractivity contribution in [1.29, 1.82) is 0 Å². The fourth-order valence-electron chi connectivity index (χ4n) is 2.45. The molecular weight excluding hydrogens is 266 g/mol. The largest absolute Gasteiger partial charge is 0.355 e. The Bertz CT molecular complexity index is 502. The summed E-state index contributed by atoms with van der Waals surface area (Å²) in [4.78, 5) is 25.4. The van der Waals surface area contributed by atoms with Gasteiger partial charge in [0.2, 0.25) is 11.8 Å². The molecule has 21 heavy (non-hydrogen) atoms. The number of rotatable bonds is 6. The second-order valence-electron chi connectivity index (χ2n) is 5.36. The number of carbonyl (C=O) groups excluding carboxylic acids is 2. The number of hydrogen-bond acceptors (Lipinski definition) is 3. The molecule has 0 radical (unpaired) electrons. The summed E-state index contributed by atoms with van der Waals surface area (Å²) in [5.74, 6) is -0.227. The van der Waals surface area contributed by atoms with Gasteiger partial charge >= 0.3 is 0 Å². The first kappa shape index (κ1) is 15.5. The minimum atomic E-state index is -0.130. The molecule has 0 spiro atoms. The summed E-state index contributed by atoms with van der Waals surface area (Å²) >= 11 is 0. The van der Waals surface area contributed by atoms with Crippen molar-refractivity contribution < 1.29 is 9.59 Å². The second kappa shape index (κ2) is 7.78. The molecule has 5 heteroatoms. The molecule has 1 aliphatic rings. The van der Waals surface area contributed by atoms with Gasteiger partial charge in [-0.25, -0.2) is 0 Å². The molecule has 1 heterocycles. The van der Waals surface area contributed by atoms with Gasteiger partial charge in [0.25, 0.3) is 0 Å². The lowest BCUT2D eigenvalue weighted by molar-refractivity contribution is -0.126. The lowest BCUT2D eigenvalue weighted by Gasteiger charge is -2.28. The minimum Gasteiger partial charge on any atom is -0.355 e. The number of carbonyl (C=O) groups is 2. The molecule has 0 aromatic heterocycles. The molecule has 0 saturated heterocycles. The van der Waals surface area contributed by atoms with Gasteiger partial charge in [0, 0.05) is 19.6 Å². The van der Waals surface area contributed by atoms with E-state index >= 15 is 0 Å². The molecule has 2 N–H and O–H groups in total. The predicted octanol–water partition coefficient (Wildman–Crippen LogP) is 0.687. The van der Waals surface area contributed by atoms with Crippen molar-refractivity contribution >= 4 is 11.8 Å². The fraction of sp³-hybridized carbons (Fsp3) is 0.500. The van der Waals surface area contributed by atoms with Crippen molar-refractivity contribution in [3.05, 3.63) is 35.4 Å². The van der Waals surface area contributed by atoms with Crippen molar-refractivity contribution in [3.8, 4) is 0 Å². The quantitative estimate of drug-likeness (QED) is 0.810. The summed E-state index contributed by atoms with van der Waals surface area (Å²) < 4.78 is 0. The maximum atomic E-state index is 11.9. The van der Waals surface area contributed by atoms with Gasteiger partial charge in [-0.3, -0.25) is 14.5 Å². The van der Waals surface area contributed by atoms with E-state index in [-0.39, 0.29) is 18.4 Å². The zero-order valence-electron chi connectivity index (χ0n) is 12.5. The third-order valence-electron chi connectivity index (χ3n) is 3.60. The average Bonchev–Trinajstić information content (AvgIpc) is 2.50. The zero-order chi connectivity index (χ0) is 15.1. The molecule has 2 rings (SSSR count). The van der Waals surface area contributed by atoms with Crippen LogP contribution in [0.2, 0.25) is 0 Å². The van der Waals surface area contributed by atoms with Crippen LogP contribution in [-0.4, -0.2) is 42.9 Å². The molecule has 1 aromatic carbocycles. The van der Waals surface area contributed by atoms with E-state index in [0.29, 0.717) is 13.1 Å². The van der Waals surface area contributed by atoms with Crippen LogP contribution in [0.15, 0.2) is 24.3 Å². The van der Waals surface area contributed by atoms with E-state index in [1.807, 2.05) is 13.0 Å². The highest BCUT2D eigenvalue weighted by molar-refractivity contribution is 5.85. The zero-order valence-corrected chi connectivity index (χ0v) is 12.5. The molecule has 1 aliphatic heterocycles. The number of nitrogens with zero attached hydrogens (tertiary/aromatic N) is 1. The van der Waals surface area contributed by atoms with Crippen LogP contribution in [-0.2, 0) is 22.6 Å². The maximum absolute atomic E-state index is 11.9. The van der Waals surface area contributed by atoms with Crippen LogP contribution >= 0.6 is 0 Å². The van der Waals surface area contributed by atoms with E-state index in [9.17, 15) is 9.59 Å². The Morgan fingerprint density at radius 3 is 2.67 bits per heavy atom. The highest BCUT2D eigenvalue weighted by Gasteiger charge is 2.18. The summed E-state index contributed by atoms with van der Waals surface area (Å²) in [7, 11) is 0. The SMILES string of the molecule is CCCNC(=O)CNC(=O)CN1CCc2ccccc2C1. The van der Waals surface area contributed by atoms with Gasteiger partial charge in [-0.2, -0.15) is 0 Å². The first-order valence-corrected chi connectivity index (χ1v) is 7.51. The monoisotopic (exact) mass is 289 g/mol. The third kappa shape index (κ3) is 4.86. The van der Waals surface area contributed by atoms with E-state index in [4.69, 9.17) is 0 Å². The third-order valence-corrected chi connectivity index (χ3v) is 3.60. The average molecular weight is 289 g/mol. The van der Waals surface area contributed by atoms with Crippen molar-refractivity contribution in [2.45, 2.75) is 26.3 Å². The van der Waals surface area contributed by atoms with Gasteiger partial charge in [0.15, 0.2) is 0 Å². The molecule has 5 nitrogen and oxygen atoms in total. The molecule has 1 aromatic rings. The fourth-order valence-corrected chi connectivity index (χ4v) is 2.45. The highest BCUT2D eigenvalue weighted by Crippen LogP contribution is 2.17.